The van der Waals surface area contributed by atoms with Crippen LogP contribution < -0.4 is 11.1 Å². The van der Waals surface area contributed by atoms with Crippen LogP contribution in [0.15, 0.2) is 42.5 Å². The molecule has 3 rings (SSSR count). The minimum absolute atomic E-state index is 0.0539. The Labute approximate surface area is 167 Å². The first kappa shape index (κ1) is 18.8. The summed E-state index contributed by atoms with van der Waals surface area (Å²) in [7, 11) is 0. The van der Waals surface area contributed by atoms with Gasteiger partial charge in [-0.1, -0.05) is 26.0 Å². The van der Waals surface area contributed by atoms with Crippen molar-refractivity contribution in [3.8, 4) is 17.1 Å². The van der Waals surface area contributed by atoms with Crippen LogP contribution in [0.2, 0.25) is 0 Å². The number of nitrogens with two attached hydrogens (primary N) is 1. The van der Waals surface area contributed by atoms with Crippen LogP contribution in [0.5, 0.6) is 5.75 Å². The number of fused-ring (bicyclic) bond motifs is 1. The number of aromatic hydroxyl groups is 1. The SMILES string of the molecule is CC(C)CC(N)CNc1nc(-c2cc(I)ccc2O)nc2ccccc12. The van der Waals surface area contributed by atoms with Crippen molar-refractivity contribution in [1.29, 1.82) is 0 Å². The van der Waals surface area contributed by atoms with Gasteiger partial charge in [-0.25, -0.2) is 9.97 Å². The van der Waals surface area contributed by atoms with E-state index in [4.69, 9.17) is 5.73 Å². The van der Waals surface area contributed by atoms with Crippen LogP contribution in [0, 0.1) is 9.49 Å². The molecule has 0 fully saturated rings. The third-order valence-electron chi connectivity index (χ3n) is 4.11. The second kappa shape index (κ2) is 8.18. The normalized spacial score (nSPS) is 12.5. The number of hydrogen-bond donors (Lipinski definition) is 3. The average molecular weight is 462 g/mol. The van der Waals surface area contributed by atoms with E-state index in [9.17, 15) is 5.11 Å². The third kappa shape index (κ3) is 4.42. The highest BCUT2D eigenvalue weighted by molar-refractivity contribution is 14.1. The molecule has 136 valence electrons. The Kier molecular flexibility index (Phi) is 5.93. The maximum atomic E-state index is 10.2. The first-order valence-electron chi connectivity index (χ1n) is 8.69. The Bertz CT molecular complexity index is 913. The number of phenolic OH excluding ortho intramolecular Hbond substituents is 1. The largest absolute Gasteiger partial charge is 0.507 e. The molecule has 0 saturated carbocycles. The molecule has 1 atom stereocenters. The number of anilines is 1. The highest BCUT2D eigenvalue weighted by Gasteiger charge is 2.14. The van der Waals surface area contributed by atoms with E-state index in [2.05, 4.69) is 51.7 Å². The zero-order valence-electron chi connectivity index (χ0n) is 14.9. The third-order valence-corrected chi connectivity index (χ3v) is 4.78. The molecule has 0 amide bonds. The monoisotopic (exact) mass is 462 g/mol. The summed E-state index contributed by atoms with van der Waals surface area (Å²) in [5.74, 6) is 1.96. The summed E-state index contributed by atoms with van der Waals surface area (Å²) in [6.45, 7) is 4.96. The number of halogens is 1. The van der Waals surface area contributed by atoms with Crippen molar-refractivity contribution in [1.82, 2.24) is 9.97 Å². The number of aromatic nitrogens is 2. The van der Waals surface area contributed by atoms with Gasteiger partial charge in [-0.3, -0.25) is 0 Å². The van der Waals surface area contributed by atoms with Gasteiger partial charge in [-0.2, -0.15) is 0 Å². The lowest BCUT2D eigenvalue weighted by molar-refractivity contribution is 0.477. The van der Waals surface area contributed by atoms with Crippen LogP contribution in [0.3, 0.4) is 0 Å². The predicted molar refractivity (Wildman–Crippen MR) is 115 cm³/mol. The molecular formula is C20H23IN4O. The van der Waals surface area contributed by atoms with Crippen molar-refractivity contribution >= 4 is 39.3 Å². The highest BCUT2D eigenvalue weighted by Crippen LogP contribution is 2.31. The number of benzene rings is 2. The van der Waals surface area contributed by atoms with E-state index in [0.717, 1.165) is 26.7 Å². The molecule has 6 heteroatoms. The second-order valence-electron chi connectivity index (χ2n) is 6.84. The fourth-order valence-corrected chi connectivity index (χ4v) is 3.43. The van der Waals surface area contributed by atoms with E-state index in [1.165, 1.54) is 0 Å². The Morgan fingerprint density at radius 2 is 1.92 bits per heavy atom. The van der Waals surface area contributed by atoms with E-state index in [-0.39, 0.29) is 11.8 Å². The number of rotatable bonds is 6. The standard InChI is InChI=1S/C20H23IN4O/c1-12(2)9-14(22)11-23-19-15-5-3-4-6-17(15)24-20(25-19)16-10-13(21)7-8-18(16)26/h3-8,10,12,14,26H,9,11,22H2,1-2H3,(H,23,24,25). The van der Waals surface area contributed by atoms with Crippen LogP contribution >= 0.6 is 22.6 Å². The zero-order chi connectivity index (χ0) is 18.7. The molecule has 0 aliphatic carbocycles. The first-order chi connectivity index (χ1) is 12.4. The molecule has 0 bridgehead atoms. The van der Waals surface area contributed by atoms with E-state index in [0.29, 0.717) is 23.9 Å². The van der Waals surface area contributed by atoms with Gasteiger partial charge in [-0.15, -0.1) is 0 Å². The summed E-state index contributed by atoms with van der Waals surface area (Å²) in [6, 6.07) is 13.3. The molecule has 26 heavy (non-hydrogen) atoms. The van der Waals surface area contributed by atoms with E-state index < -0.39 is 0 Å². The van der Waals surface area contributed by atoms with Crippen molar-refractivity contribution in [3.05, 3.63) is 46.0 Å². The average Bonchev–Trinajstić information content (AvgIpc) is 2.61. The lowest BCUT2D eigenvalue weighted by atomic mass is 10.0. The zero-order valence-corrected chi connectivity index (χ0v) is 17.1. The molecule has 1 unspecified atom stereocenters. The van der Waals surface area contributed by atoms with Gasteiger partial charge in [0.25, 0.3) is 0 Å². The minimum atomic E-state index is 0.0539. The van der Waals surface area contributed by atoms with Gasteiger partial charge in [0.1, 0.15) is 11.6 Å². The molecular weight excluding hydrogens is 439 g/mol. The van der Waals surface area contributed by atoms with Gasteiger partial charge >= 0.3 is 0 Å². The summed E-state index contributed by atoms with van der Waals surface area (Å²) in [4.78, 5) is 9.32. The molecule has 3 aromatic rings. The van der Waals surface area contributed by atoms with Crippen LogP contribution in [-0.4, -0.2) is 27.7 Å². The number of phenols is 1. The summed E-state index contributed by atoms with van der Waals surface area (Å²) in [5, 5.41) is 14.6. The Morgan fingerprint density at radius 3 is 2.69 bits per heavy atom. The van der Waals surface area contributed by atoms with E-state index in [1.54, 1.807) is 6.07 Å². The number of para-hydroxylation sites is 1. The lowest BCUT2D eigenvalue weighted by Gasteiger charge is -2.17. The highest BCUT2D eigenvalue weighted by atomic mass is 127. The summed E-state index contributed by atoms with van der Waals surface area (Å²) in [5.41, 5.74) is 7.66. The van der Waals surface area contributed by atoms with Crippen LogP contribution in [-0.2, 0) is 0 Å². The van der Waals surface area contributed by atoms with Gasteiger partial charge in [0, 0.05) is 21.5 Å². The molecule has 5 nitrogen and oxygen atoms in total. The minimum Gasteiger partial charge on any atom is -0.507 e. The maximum absolute atomic E-state index is 10.2. The smallest absolute Gasteiger partial charge is 0.165 e. The Balaban J connectivity index is 2.00. The molecule has 0 aliphatic rings. The molecule has 2 aromatic carbocycles. The van der Waals surface area contributed by atoms with Crippen LogP contribution in [0.4, 0.5) is 5.82 Å². The van der Waals surface area contributed by atoms with Crippen molar-refractivity contribution in [2.45, 2.75) is 26.3 Å². The Hall–Kier alpha value is -1.93. The second-order valence-corrected chi connectivity index (χ2v) is 8.09. The van der Waals surface area contributed by atoms with Gasteiger partial charge in [0.2, 0.25) is 0 Å². The van der Waals surface area contributed by atoms with Crippen molar-refractivity contribution in [3.63, 3.8) is 0 Å². The fourth-order valence-electron chi connectivity index (χ4n) is 2.94. The van der Waals surface area contributed by atoms with E-state index in [1.807, 2.05) is 36.4 Å². The summed E-state index contributed by atoms with van der Waals surface area (Å²) < 4.78 is 1.01. The molecule has 4 N–H and O–H groups in total. The molecule has 0 spiro atoms. The van der Waals surface area contributed by atoms with Gasteiger partial charge in [0.15, 0.2) is 5.82 Å². The van der Waals surface area contributed by atoms with E-state index >= 15 is 0 Å². The number of hydrogen-bond acceptors (Lipinski definition) is 5. The Morgan fingerprint density at radius 1 is 1.15 bits per heavy atom. The molecule has 0 radical (unpaired) electrons. The molecule has 0 aliphatic heterocycles. The van der Waals surface area contributed by atoms with Crippen molar-refractivity contribution in [2.75, 3.05) is 11.9 Å². The lowest BCUT2D eigenvalue weighted by Crippen LogP contribution is -2.30. The quantitative estimate of drug-likeness (QED) is 0.474. The summed E-state index contributed by atoms with van der Waals surface area (Å²) in [6.07, 6.45) is 0.945. The fraction of sp³-hybridized carbons (Fsp3) is 0.300. The van der Waals surface area contributed by atoms with Gasteiger partial charge in [-0.05, 0) is 65.3 Å². The predicted octanol–water partition coefficient (Wildman–Crippen LogP) is 4.39. The van der Waals surface area contributed by atoms with Crippen LogP contribution in [0.25, 0.3) is 22.3 Å². The molecule has 1 aromatic heterocycles. The molecule has 1 heterocycles. The first-order valence-corrected chi connectivity index (χ1v) is 9.77. The van der Waals surface area contributed by atoms with Gasteiger partial charge < -0.3 is 16.2 Å². The topological polar surface area (TPSA) is 84.1 Å². The van der Waals surface area contributed by atoms with Gasteiger partial charge in [0.05, 0.1) is 11.1 Å². The van der Waals surface area contributed by atoms with Crippen LogP contribution in [0.1, 0.15) is 20.3 Å². The van der Waals surface area contributed by atoms with Crippen molar-refractivity contribution < 1.29 is 5.11 Å². The van der Waals surface area contributed by atoms with Crippen molar-refractivity contribution in [2.24, 2.45) is 11.7 Å². The number of nitrogens with one attached hydrogen (secondary N) is 1. The molecule has 0 saturated heterocycles. The maximum Gasteiger partial charge on any atom is 0.165 e. The summed E-state index contributed by atoms with van der Waals surface area (Å²) >= 11 is 2.21. The number of nitrogens with zero attached hydrogens (tertiary/aromatic N) is 2.